The second kappa shape index (κ2) is 6.02. The summed E-state index contributed by atoms with van der Waals surface area (Å²) in [7, 11) is 2.12. The van der Waals surface area contributed by atoms with E-state index in [0.29, 0.717) is 5.92 Å². The van der Waals surface area contributed by atoms with Crippen LogP contribution >= 0.6 is 11.5 Å². The van der Waals surface area contributed by atoms with Crippen molar-refractivity contribution in [3.8, 4) is 0 Å². The summed E-state index contributed by atoms with van der Waals surface area (Å²) in [5, 5.41) is 8.53. The standard InChI is InChI=1S/C10H20N4S/c1-5-11-10-9(12-13-15-10)7-14(4)6-8(2)3/h8,11H,5-7H2,1-4H3. The smallest absolute Gasteiger partial charge is 0.134 e. The van der Waals surface area contributed by atoms with Crippen LogP contribution in [0.1, 0.15) is 26.5 Å². The lowest BCUT2D eigenvalue weighted by Gasteiger charge is -2.17. The molecule has 15 heavy (non-hydrogen) atoms. The molecular weight excluding hydrogens is 208 g/mol. The monoisotopic (exact) mass is 228 g/mol. The molecule has 1 heterocycles. The Bertz CT molecular complexity index is 285. The van der Waals surface area contributed by atoms with Crippen LogP contribution in [0.3, 0.4) is 0 Å². The van der Waals surface area contributed by atoms with Crippen molar-refractivity contribution in [3.63, 3.8) is 0 Å². The van der Waals surface area contributed by atoms with Gasteiger partial charge in [-0.15, -0.1) is 5.10 Å². The molecule has 0 fully saturated rings. The van der Waals surface area contributed by atoms with Gasteiger partial charge in [0.05, 0.1) is 0 Å². The van der Waals surface area contributed by atoms with Gasteiger partial charge in [0.15, 0.2) is 0 Å². The van der Waals surface area contributed by atoms with Crippen LogP contribution in [0.4, 0.5) is 5.00 Å². The zero-order chi connectivity index (χ0) is 11.3. The Labute approximate surface area is 95.8 Å². The van der Waals surface area contributed by atoms with E-state index in [-0.39, 0.29) is 0 Å². The summed E-state index contributed by atoms with van der Waals surface area (Å²) < 4.78 is 3.98. The molecule has 1 N–H and O–H groups in total. The molecule has 4 nitrogen and oxygen atoms in total. The lowest BCUT2D eigenvalue weighted by atomic mass is 10.2. The average Bonchev–Trinajstić information content (AvgIpc) is 2.52. The van der Waals surface area contributed by atoms with Crippen LogP contribution in [0.15, 0.2) is 0 Å². The molecule has 0 aromatic carbocycles. The summed E-state index contributed by atoms with van der Waals surface area (Å²) in [6, 6.07) is 0. The van der Waals surface area contributed by atoms with Gasteiger partial charge in [-0.05, 0) is 19.9 Å². The Morgan fingerprint density at radius 3 is 2.80 bits per heavy atom. The van der Waals surface area contributed by atoms with E-state index in [2.05, 4.69) is 47.6 Å². The number of rotatable bonds is 6. The van der Waals surface area contributed by atoms with Crippen LogP contribution in [-0.2, 0) is 6.54 Å². The van der Waals surface area contributed by atoms with Gasteiger partial charge in [-0.25, -0.2) is 0 Å². The minimum atomic E-state index is 0.684. The van der Waals surface area contributed by atoms with Gasteiger partial charge in [0.2, 0.25) is 0 Å². The van der Waals surface area contributed by atoms with Crippen molar-refractivity contribution in [2.24, 2.45) is 5.92 Å². The molecule has 0 aliphatic rings. The van der Waals surface area contributed by atoms with Crippen LogP contribution in [0.2, 0.25) is 0 Å². The molecule has 0 amide bonds. The van der Waals surface area contributed by atoms with Gasteiger partial charge >= 0.3 is 0 Å². The third-order valence-electron chi connectivity index (χ3n) is 1.99. The molecule has 5 heteroatoms. The molecule has 1 aromatic heterocycles. The Balaban J connectivity index is 2.51. The largest absolute Gasteiger partial charge is 0.374 e. The van der Waals surface area contributed by atoms with Crippen molar-refractivity contribution in [1.82, 2.24) is 14.5 Å². The first-order chi connectivity index (χ1) is 7.13. The van der Waals surface area contributed by atoms with Crippen LogP contribution in [-0.4, -0.2) is 34.6 Å². The number of hydrogen-bond acceptors (Lipinski definition) is 5. The molecule has 0 aliphatic carbocycles. The Morgan fingerprint density at radius 1 is 1.47 bits per heavy atom. The Morgan fingerprint density at radius 2 is 2.20 bits per heavy atom. The van der Waals surface area contributed by atoms with Gasteiger partial charge in [-0.3, -0.25) is 0 Å². The third-order valence-corrected chi connectivity index (χ3v) is 2.72. The van der Waals surface area contributed by atoms with Crippen molar-refractivity contribution in [2.75, 3.05) is 25.5 Å². The van der Waals surface area contributed by atoms with Crippen molar-refractivity contribution < 1.29 is 0 Å². The second-order valence-electron chi connectivity index (χ2n) is 4.17. The first kappa shape index (κ1) is 12.4. The molecule has 0 spiro atoms. The highest BCUT2D eigenvalue weighted by molar-refractivity contribution is 7.10. The molecule has 1 rings (SSSR count). The number of hydrogen-bond donors (Lipinski definition) is 1. The molecule has 0 bridgehead atoms. The summed E-state index contributed by atoms with van der Waals surface area (Å²) in [6.45, 7) is 9.41. The van der Waals surface area contributed by atoms with E-state index in [1.165, 1.54) is 11.5 Å². The van der Waals surface area contributed by atoms with Gasteiger partial charge in [0.25, 0.3) is 0 Å². The van der Waals surface area contributed by atoms with E-state index in [9.17, 15) is 0 Å². The molecule has 0 saturated carbocycles. The van der Waals surface area contributed by atoms with Gasteiger partial charge in [0, 0.05) is 31.2 Å². The molecular formula is C10H20N4S. The number of aromatic nitrogens is 2. The Kier molecular flexibility index (Phi) is 4.98. The van der Waals surface area contributed by atoms with E-state index in [0.717, 1.165) is 30.3 Å². The molecule has 1 aromatic rings. The first-order valence-corrected chi connectivity index (χ1v) is 6.14. The zero-order valence-electron chi connectivity index (χ0n) is 9.95. The SMILES string of the molecule is CCNc1snnc1CN(C)CC(C)C. The van der Waals surface area contributed by atoms with E-state index >= 15 is 0 Å². The van der Waals surface area contributed by atoms with E-state index in [1.54, 1.807) is 0 Å². The first-order valence-electron chi connectivity index (χ1n) is 5.37. The average molecular weight is 228 g/mol. The van der Waals surface area contributed by atoms with Crippen molar-refractivity contribution in [2.45, 2.75) is 27.3 Å². The third kappa shape index (κ3) is 4.13. The summed E-state index contributed by atoms with van der Waals surface area (Å²) in [6.07, 6.45) is 0. The molecule has 0 saturated heterocycles. The van der Waals surface area contributed by atoms with E-state index < -0.39 is 0 Å². The maximum absolute atomic E-state index is 4.15. The second-order valence-corrected chi connectivity index (χ2v) is 4.92. The minimum absolute atomic E-state index is 0.684. The summed E-state index contributed by atoms with van der Waals surface area (Å²) in [5.41, 5.74) is 1.06. The van der Waals surface area contributed by atoms with Crippen molar-refractivity contribution in [3.05, 3.63) is 5.69 Å². The fourth-order valence-corrected chi connectivity index (χ4v) is 2.19. The minimum Gasteiger partial charge on any atom is -0.374 e. The van der Waals surface area contributed by atoms with Crippen LogP contribution < -0.4 is 5.32 Å². The quantitative estimate of drug-likeness (QED) is 0.809. The highest BCUT2D eigenvalue weighted by atomic mass is 32.1. The van der Waals surface area contributed by atoms with Gasteiger partial charge in [-0.1, -0.05) is 18.3 Å². The Hall–Kier alpha value is -0.680. The maximum atomic E-state index is 4.15. The molecule has 86 valence electrons. The van der Waals surface area contributed by atoms with E-state index in [4.69, 9.17) is 0 Å². The highest BCUT2D eigenvalue weighted by Gasteiger charge is 2.10. The van der Waals surface area contributed by atoms with Crippen molar-refractivity contribution in [1.29, 1.82) is 0 Å². The molecule has 0 unspecified atom stereocenters. The molecule has 0 radical (unpaired) electrons. The lowest BCUT2D eigenvalue weighted by Crippen LogP contribution is -2.23. The van der Waals surface area contributed by atoms with Gasteiger partial charge < -0.3 is 10.2 Å². The molecule has 0 atom stereocenters. The molecule has 0 aliphatic heterocycles. The topological polar surface area (TPSA) is 41.1 Å². The normalized spacial score (nSPS) is 11.3. The predicted octanol–water partition coefficient (Wildman–Crippen LogP) is 2.06. The van der Waals surface area contributed by atoms with E-state index in [1.807, 2.05) is 0 Å². The number of nitrogens with one attached hydrogen (secondary N) is 1. The summed E-state index contributed by atoms with van der Waals surface area (Å²) in [4.78, 5) is 2.28. The maximum Gasteiger partial charge on any atom is 0.134 e. The number of nitrogens with zero attached hydrogens (tertiary/aromatic N) is 3. The predicted molar refractivity (Wildman–Crippen MR) is 65.2 cm³/mol. The summed E-state index contributed by atoms with van der Waals surface area (Å²) >= 11 is 1.44. The fraction of sp³-hybridized carbons (Fsp3) is 0.800. The van der Waals surface area contributed by atoms with Crippen molar-refractivity contribution >= 4 is 16.5 Å². The number of anilines is 1. The van der Waals surface area contributed by atoms with Gasteiger partial charge in [0.1, 0.15) is 10.7 Å². The summed E-state index contributed by atoms with van der Waals surface area (Å²) in [5.74, 6) is 0.684. The fourth-order valence-electron chi connectivity index (χ4n) is 1.55. The lowest BCUT2D eigenvalue weighted by molar-refractivity contribution is 0.285. The van der Waals surface area contributed by atoms with Crippen LogP contribution in [0.25, 0.3) is 0 Å². The van der Waals surface area contributed by atoms with Crippen LogP contribution in [0.5, 0.6) is 0 Å². The zero-order valence-corrected chi connectivity index (χ0v) is 10.8. The van der Waals surface area contributed by atoms with Gasteiger partial charge in [-0.2, -0.15) is 0 Å². The van der Waals surface area contributed by atoms with Crippen LogP contribution in [0, 0.1) is 5.92 Å². The highest BCUT2D eigenvalue weighted by Crippen LogP contribution is 2.18.